The Kier molecular flexibility index (Phi) is 2.83. The van der Waals surface area contributed by atoms with Gasteiger partial charge in [0.2, 0.25) is 0 Å². The van der Waals surface area contributed by atoms with E-state index in [1.54, 1.807) is 5.57 Å². The molecule has 2 aliphatic heterocycles. The third-order valence-electron chi connectivity index (χ3n) is 6.33. The maximum atomic E-state index is 3.46. The van der Waals surface area contributed by atoms with Gasteiger partial charge in [0.1, 0.15) is 0 Å². The molecule has 0 saturated carbocycles. The Morgan fingerprint density at radius 1 is 1.17 bits per heavy atom. The van der Waals surface area contributed by atoms with Crippen molar-refractivity contribution in [3.05, 3.63) is 41.6 Å². The van der Waals surface area contributed by atoms with Crippen molar-refractivity contribution in [1.82, 2.24) is 14.8 Å². The molecular weight excluding hydrogens is 282 g/mol. The number of benzene rings is 1. The lowest BCUT2D eigenvalue weighted by atomic mass is 9.80. The normalized spacial score (nSPS) is 34.1. The van der Waals surface area contributed by atoms with Crippen LogP contribution in [0.15, 0.2) is 30.5 Å². The summed E-state index contributed by atoms with van der Waals surface area (Å²) in [4.78, 5) is 8.74. The fourth-order valence-corrected chi connectivity index (χ4v) is 5.30. The second-order valence-corrected chi connectivity index (χ2v) is 7.77. The Bertz CT molecular complexity index is 794. The fourth-order valence-electron chi connectivity index (χ4n) is 5.30. The van der Waals surface area contributed by atoms with Crippen molar-refractivity contribution in [2.75, 3.05) is 13.6 Å². The van der Waals surface area contributed by atoms with E-state index in [9.17, 15) is 0 Å². The Balaban J connectivity index is 1.64. The zero-order valence-electron chi connectivity index (χ0n) is 14.2. The van der Waals surface area contributed by atoms with Gasteiger partial charge in [-0.05, 0) is 56.5 Å². The fraction of sp³-hybridized carbons (Fsp3) is 0.500. The molecule has 4 atom stereocenters. The van der Waals surface area contributed by atoms with Gasteiger partial charge in [-0.1, -0.05) is 18.2 Å². The predicted octanol–water partition coefficient (Wildman–Crippen LogP) is 3.27. The zero-order chi connectivity index (χ0) is 15.7. The lowest BCUT2D eigenvalue weighted by Gasteiger charge is -2.53. The predicted molar refractivity (Wildman–Crippen MR) is 95.6 cm³/mol. The van der Waals surface area contributed by atoms with E-state index < -0.39 is 0 Å². The van der Waals surface area contributed by atoms with Crippen molar-refractivity contribution < 1.29 is 0 Å². The van der Waals surface area contributed by atoms with Crippen molar-refractivity contribution in [3.8, 4) is 0 Å². The van der Waals surface area contributed by atoms with Crippen LogP contribution < -0.4 is 0 Å². The van der Waals surface area contributed by atoms with E-state index in [1.165, 1.54) is 28.5 Å². The first-order valence-corrected chi connectivity index (χ1v) is 8.92. The summed E-state index contributed by atoms with van der Waals surface area (Å²) in [6.45, 7) is 5.89. The number of H-pyrrole nitrogens is 1. The van der Waals surface area contributed by atoms with Crippen LogP contribution in [0.1, 0.15) is 31.4 Å². The minimum Gasteiger partial charge on any atom is -0.361 e. The highest BCUT2D eigenvalue weighted by molar-refractivity contribution is 5.98. The number of likely N-dealkylation sites (tertiary alicyclic amines) is 1. The Morgan fingerprint density at radius 3 is 2.78 bits per heavy atom. The van der Waals surface area contributed by atoms with E-state index in [1.807, 2.05) is 0 Å². The average molecular weight is 307 g/mol. The summed E-state index contributed by atoms with van der Waals surface area (Å²) in [5.41, 5.74) is 5.76. The molecule has 120 valence electrons. The molecule has 3 heterocycles. The van der Waals surface area contributed by atoms with E-state index >= 15 is 0 Å². The molecule has 1 fully saturated rings. The molecule has 0 bridgehead atoms. The molecule has 1 aliphatic carbocycles. The monoisotopic (exact) mass is 307 g/mol. The summed E-state index contributed by atoms with van der Waals surface area (Å²) in [7, 11) is 2.30. The van der Waals surface area contributed by atoms with Crippen LogP contribution in [-0.4, -0.2) is 52.5 Å². The summed E-state index contributed by atoms with van der Waals surface area (Å²) in [5.74, 6) is 0. The van der Waals surface area contributed by atoms with Crippen LogP contribution >= 0.6 is 0 Å². The standard InChI is InChI=1S/C20H25N3/c1-12-7-13(2)23(12)15-9-17-16-5-4-6-18-20(16)14(10-21-18)8-19(17)22(3)11-15/h4-6,9-10,12-13,15,19,21H,7-8,11H2,1-3H3/t12-,13-,15-,19-/m0/s1. The first-order valence-electron chi connectivity index (χ1n) is 8.92. The second kappa shape index (κ2) is 4.71. The third-order valence-corrected chi connectivity index (χ3v) is 6.33. The largest absolute Gasteiger partial charge is 0.361 e. The summed E-state index contributed by atoms with van der Waals surface area (Å²) in [6, 6.07) is 9.24. The maximum absolute atomic E-state index is 3.46. The number of aromatic nitrogens is 1. The second-order valence-electron chi connectivity index (χ2n) is 7.77. The number of likely N-dealkylation sites (N-methyl/N-ethyl adjacent to an activating group) is 1. The first kappa shape index (κ1) is 13.8. The molecule has 0 spiro atoms. The summed E-state index contributed by atoms with van der Waals surface area (Å²) >= 11 is 0. The minimum atomic E-state index is 0.534. The third kappa shape index (κ3) is 1.84. The SMILES string of the molecule is C[C@H]1C[C@H](C)N1[C@H]1C=C2c3cccc4[nH]cc(c34)C[C@@H]2N(C)C1. The van der Waals surface area contributed by atoms with Crippen LogP contribution in [0.2, 0.25) is 0 Å². The molecule has 0 unspecified atom stereocenters. The topological polar surface area (TPSA) is 22.3 Å². The lowest BCUT2D eigenvalue weighted by molar-refractivity contribution is -0.00354. The van der Waals surface area contributed by atoms with Crippen molar-refractivity contribution in [3.63, 3.8) is 0 Å². The van der Waals surface area contributed by atoms with Gasteiger partial charge in [0, 0.05) is 47.8 Å². The van der Waals surface area contributed by atoms with Crippen LogP contribution in [0.5, 0.6) is 0 Å². The van der Waals surface area contributed by atoms with E-state index in [2.05, 4.69) is 66.2 Å². The Labute approximate surface area is 138 Å². The molecule has 3 heteroatoms. The highest BCUT2D eigenvalue weighted by atomic mass is 15.3. The minimum absolute atomic E-state index is 0.534. The molecule has 2 aromatic rings. The molecule has 0 radical (unpaired) electrons. The molecular formula is C20H25N3. The van der Waals surface area contributed by atoms with Gasteiger partial charge < -0.3 is 4.98 Å². The number of hydrogen-bond acceptors (Lipinski definition) is 2. The molecule has 3 nitrogen and oxygen atoms in total. The molecule has 0 amide bonds. The van der Waals surface area contributed by atoms with Gasteiger partial charge in [0.25, 0.3) is 0 Å². The summed E-state index contributed by atoms with van der Waals surface area (Å²) in [6.07, 6.45) is 7.27. The average Bonchev–Trinajstić information content (AvgIpc) is 2.93. The highest BCUT2D eigenvalue weighted by Gasteiger charge is 2.41. The molecule has 1 aromatic carbocycles. The Hall–Kier alpha value is -1.58. The van der Waals surface area contributed by atoms with Crippen molar-refractivity contribution in [2.24, 2.45) is 0 Å². The molecule has 1 N–H and O–H groups in total. The summed E-state index contributed by atoms with van der Waals surface area (Å²) < 4.78 is 0. The van der Waals surface area contributed by atoms with E-state index in [0.717, 1.165) is 25.0 Å². The van der Waals surface area contributed by atoms with Gasteiger partial charge in [-0.25, -0.2) is 0 Å². The molecule has 1 aromatic heterocycles. The number of rotatable bonds is 1. The van der Waals surface area contributed by atoms with Gasteiger partial charge in [-0.15, -0.1) is 0 Å². The van der Waals surface area contributed by atoms with Crippen molar-refractivity contribution >= 4 is 16.5 Å². The Morgan fingerprint density at radius 2 is 2.00 bits per heavy atom. The van der Waals surface area contributed by atoms with E-state index in [-0.39, 0.29) is 0 Å². The van der Waals surface area contributed by atoms with Gasteiger partial charge in [-0.3, -0.25) is 9.80 Å². The van der Waals surface area contributed by atoms with Crippen LogP contribution in [0, 0.1) is 0 Å². The zero-order valence-corrected chi connectivity index (χ0v) is 14.2. The first-order chi connectivity index (χ1) is 11.1. The van der Waals surface area contributed by atoms with Crippen LogP contribution in [0.3, 0.4) is 0 Å². The van der Waals surface area contributed by atoms with E-state index in [0.29, 0.717) is 12.1 Å². The van der Waals surface area contributed by atoms with Crippen LogP contribution in [0.25, 0.3) is 16.5 Å². The summed E-state index contributed by atoms with van der Waals surface area (Å²) in [5, 5.41) is 1.45. The number of nitrogens with zero attached hydrogens (tertiary/aromatic N) is 2. The molecule has 5 rings (SSSR count). The quantitative estimate of drug-likeness (QED) is 0.873. The van der Waals surface area contributed by atoms with Crippen molar-refractivity contribution in [1.29, 1.82) is 0 Å². The van der Waals surface area contributed by atoms with Gasteiger partial charge in [-0.2, -0.15) is 0 Å². The van der Waals surface area contributed by atoms with Gasteiger partial charge in [0.05, 0.1) is 0 Å². The smallest absolute Gasteiger partial charge is 0.0462 e. The lowest BCUT2D eigenvalue weighted by Crippen LogP contribution is -2.61. The van der Waals surface area contributed by atoms with Gasteiger partial charge in [0.15, 0.2) is 0 Å². The molecule has 23 heavy (non-hydrogen) atoms. The number of hydrogen-bond donors (Lipinski definition) is 1. The molecule has 1 saturated heterocycles. The number of aromatic amines is 1. The van der Waals surface area contributed by atoms with E-state index in [4.69, 9.17) is 0 Å². The van der Waals surface area contributed by atoms with Crippen LogP contribution in [0.4, 0.5) is 0 Å². The highest BCUT2D eigenvalue weighted by Crippen LogP contribution is 2.41. The van der Waals surface area contributed by atoms with Crippen molar-refractivity contribution in [2.45, 2.75) is 50.9 Å². The molecule has 3 aliphatic rings. The number of fused-ring (bicyclic) bond motifs is 2. The number of nitrogens with one attached hydrogen (secondary N) is 1. The van der Waals surface area contributed by atoms with Gasteiger partial charge >= 0.3 is 0 Å². The maximum Gasteiger partial charge on any atom is 0.0462 e. The van der Waals surface area contributed by atoms with Crippen LogP contribution in [-0.2, 0) is 6.42 Å².